The van der Waals surface area contributed by atoms with Crippen molar-refractivity contribution in [1.82, 2.24) is 5.32 Å². The Kier molecular flexibility index (Phi) is 64.4. The summed E-state index contributed by atoms with van der Waals surface area (Å²) >= 11 is 0. The molecule has 0 aromatic rings. The van der Waals surface area contributed by atoms with Crippen LogP contribution in [0.3, 0.4) is 0 Å². The van der Waals surface area contributed by atoms with E-state index in [4.69, 9.17) is 4.74 Å². The van der Waals surface area contributed by atoms with Gasteiger partial charge in [0.1, 0.15) is 0 Å². The number of amides is 1. The van der Waals surface area contributed by atoms with Crippen molar-refractivity contribution < 1.29 is 24.5 Å². The highest BCUT2D eigenvalue weighted by Gasteiger charge is 2.18. The molecule has 0 aliphatic carbocycles. The summed E-state index contributed by atoms with van der Waals surface area (Å²) in [4.78, 5) is 24.6. The Hall–Kier alpha value is -1.66. The lowest BCUT2D eigenvalue weighted by Crippen LogP contribution is -2.45. The second-order valence-electron chi connectivity index (χ2n) is 23.9. The van der Waals surface area contributed by atoms with Crippen LogP contribution in [0, 0.1) is 0 Å². The Bertz CT molecular complexity index is 1190. The Morgan fingerprint density at radius 1 is 0.355 bits per heavy atom. The van der Waals surface area contributed by atoms with E-state index in [-0.39, 0.29) is 18.5 Å². The summed E-state index contributed by atoms with van der Waals surface area (Å²) in [5.41, 5.74) is 0. The van der Waals surface area contributed by atoms with Crippen LogP contribution in [0.5, 0.6) is 0 Å². The largest absolute Gasteiger partial charge is 0.466 e. The molecule has 0 bridgehead atoms. The highest BCUT2D eigenvalue weighted by atomic mass is 16.5. The summed E-state index contributed by atoms with van der Waals surface area (Å²) in [5.74, 6) is -0.0473. The molecule has 76 heavy (non-hydrogen) atoms. The molecule has 0 aliphatic rings. The number of rotatable bonds is 65. The number of carbonyl (C=O) groups is 2. The first-order valence-corrected chi connectivity index (χ1v) is 34.6. The van der Waals surface area contributed by atoms with Gasteiger partial charge in [0.15, 0.2) is 0 Å². The van der Waals surface area contributed by atoms with E-state index in [1.54, 1.807) is 6.08 Å². The van der Waals surface area contributed by atoms with Crippen molar-refractivity contribution in [2.45, 2.75) is 398 Å². The first-order chi connectivity index (χ1) is 37.5. The van der Waals surface area contributed by atoms with Crippen LogP contribution >= 0.6 is 0 Å². The molecule has 0 heterocycles. The number of hydrogen-bond acceptors (Lipinski definition) is 5. The molecular weight excluding hydrogens is 935 g/mol. The van der Waals surface area contributed by atoms with Gasteiger partial charge in [0.05, 0.1) is 25.4 Å². The van der Waals surface area contributed by atoms with Crippen LogP contribution in [0.15, 0.2) is 24.3 Å². The van der Waals surface area contributed by atoms with Crippen molar-refractivity contribution in [2.75, 3.05) is 13.2 Å². The number of carbonyl (C=O) groups excluding carboxylic acids is 2. The highest BCUT2D eigenvalue weighted by molar-refractivity contribution is 5.76. The third-order valence-electron chi connectivity index (χ3n) is 16.2. The molecule has 6 nitrogen and oxygen atoms in total. The Morgan fingerprint density at radius 2 is 0.618 bits per heavy atom. The average molecular weight is 1070 g/mol. The fraction of sp³-hybridized carbons (Fsp3) is 0.914. The van der Waals surface area contributed by atoms with Crippen LogP contribution in [0.4, 0.5) is 0 Å². The van der Waals surface area contributed by atoms with Crippen molar-refractivity contribution in [1.29, 1.82) is 0 Å². The van der Waals surface area contributed by atoms with Crippen molar-refractivity contribution in [3.05, 3.63) is 24.3 Å². The molecule has 1 amide bonds. The second-order valence-corrected chi connectivity index (χ2v) is 23.9. The van der Waals surface area contributed by atoms with E-state index in [0.29, 0.717) is 19.4 Å². The maximum atomic E-state index is 12.5. The molecule has 0 rings (SSSR count). The summed E-state index contributed by atoms with van der Waals surface area (Å²) in [5, 5.41) is 23.2. The first-order valence-electron chi connectivity index (χ1n) is 34.6. The van der Waals surface area contributed by atoms with E-state index in [9.17, 15) is 19.8 Å². The third kappa shape index (κ3) is 61.6. The van der Waals surface area contributed by atoms with Gasteiger partial charge in [0.25, 0.3) is 0 Å². The van der Waals surface area contributed by atoms with Gasteiger partial charge < -0.3 is 20.3 Å². The minimum absolute atomic E-state index is 0.0188. The van der Waals surface area contributed by atoms with Gasteiger partial charge in [0.2, 0.25) is 5.91 Å². The SMILES string of the molecule is CCCCCCCCCCCCCCCC/C=C/C(O)C(CO)NC(=O)CCCCCCCCCCCCC/C=C\CCCCCCCCCCCCCCOC(=O)CCCCCCCCCCCCCCCCCC. The van der Waals surface area contributed by atoms with Gasteiger partial charge in [-0.3, -0.25) is 9.59 Å². The van der Waals surface area contributed by atoms with Gasteiger partial charge >= 0.3 is 5.97 Å². The van der Waals surface area contributed by atoms with Gasteiger partial charge in [-0.25, -0.2) is 0 Å². The first kappa shape index (κ1) is 74.3. The molecule has 3 N–H and O–H groups in total. The van der Waals surface area contributed by atoms with Crippen LogP contribution in [-0.2, 0) is 14.3 Å². The number of ether oxygens (including phenoxy) is 1. The second kappa shape index (κ2) is 65.9. The van der Waals surface area contributed by atoms with Crippen LogP contribution in [-0.4, -0.2) is 47.4 Å². The van der Waals surface area contributed by atoms with E-state index in [2.05, 4.69) is 31.3 Å². The lowest BCUT2D eigenvalue weighted by molar-refractivity contribution is -0.143. The number of aliphatic hydroxyl groups is 2. The zero-order valence-electron chi connectivity index (χ0n) is 51.5. The van der Waals surface area contributed by atoms with E-state index in [1.165, 1.54) is 321 Å². The molecule has 2 atom stereocenters. The van der Waals surface area contributed by atoms with Crippen LogP contribution < -0.4 is 5.32 Å². The van der Waals surface area contributed by atoms with Gasteiger partial charge in [0, 0.05) is 12.8 Å². The topological polar surface area (TPSA) is 95.9 Å². The molecule has 0 saturated carbocycles. The van der Waals surface area contributed by atoms with Crippen molar-refractivity contribution in [3.63, 3.8) is 0 Å². The molecule has 0 spiro atoms. The maximum absolute atomic E-state index is 12.5. The van der Waals surface area contributed by atoms with E-state index >= 15 is 0 Å². The zero-order valence-corrected chi connectivity index (χ0v) is 51.5. The maximum Gasteiger partial charge on any atom is 0.305 e. The quantitative estimate of drug-likeness (QED) is 0.0320. The zero-order chi connectivity index (χ0) is 55.0. The Balaban J connectivity index is 3.38. The molecule has 0 saturated heterocycles. The highest BCUT2D eigenvalue weighted by Crippen LogP contribution is 2.18. The molecule has 2 unspecified atom stereocenters. The van der Waals surface area contributed by atoms with Crippen molar-refractivity contribution in [3.8, 4) is 0 Å². The summed E-state index contributed by atoms with van der Waals surface area (Å²) in [6.45, 7) is 4.94. The van der Waals surface area contributed by atoms with Crippen LogP contribution in [0.2, 0.25) is 0 Å². The van der Waals surface area contributed by atoms with Gasteiger partial charge in [-0.2, -0.15) is 0 Å². The molecule has 0 aromatic carbocycles. The Labute approximate surface area is 475 Å². The smallest absolute Gasteiger partial charge is 0.305 e. The lowest BCUT2D eigenvalue weighted by atomic mass is 10.0. The van der Waals surface area contributed by atoms with Crippen LogP contribution in [0.1, 0.15) is 386 Å². The third-order valence-corrected chi connectivity index (χ3v) is 16.2. The minimum atomic E-state index is -0.845. The van der Waals surface area contributed by atoms with Crippen molar-refractivity contribution in [2.24, 2.45) is 0 Å². The number of aliphatic hydroxyl groups excluding tert-OH is 2. The normalized spacial score (nSPS) is 12.6. The molecule has 0 fully saturated rings. The monoisotopic (exact) mass is 1070 g/mol. The summed E-state index contributed by atoms with van der Waals surface area (Å²) in [6, 6.07) is -0.628. The van der Waals surface area contributed by atoms with E-state index in [0.717, 1.165) is 38.5 Å². The molecule has 6 heteroatoms. The lowest BCUT2D eigenvalue weighted by Gasteiger charge is -2.20. The van der Waals surface area contributed by atoms with E-state index < -0.39 is 12.1 Å². The minimum Gasteiger partial charge on any atom is -0.466 e. The van der Waals surface area contributed by atoms with Gasteiger partial charge in [-0.05, 0) is 57.8 Å². The summed E-state index contributed by atoms with van der Waals surface area (Å²) in [6.07, 6.45) is 82.5. The fourth-order valence-electron chi connectivity index (χ4n) is 10.9. The summed E-state index contributed by atoms with van der Waals surface area (Å²) in [7, 11) is 0. The molecule has 450 valence electrons. The molecular formula is C70H135NO5. The van der Waals surface area contributed by atoms with Gasteiger partial charge in [-0.15, -0.1) is 0 Å². The molecule has 0 aliphatic heterocycles. The van der Waals surface area contributed by atoms with E-state index in [1.807, 2.05) is 6.08 Å². The Morgan fingerprint density at radius 3 is 0.934 bits per heavy atom. The van der Waals surface area contributed by atoms with Crippen molar-refractivity contribution >= 4 is 11.9 Å². The number of esters is 1. The predicted molar refractivity (Wildman–Crippen MR) is 333 cm³/mol. The summed E-state index contributed by atoms with van der Waals surface area (Å²) < 4.78 is 5.50. The average Bonchev–Trinajstić information content (AvgIpc) is 3.42. The standard InChI is InChI=1S/C70H135NO5/c1-3-5-7-9-11-13-15-17-19-34-38-42-46-50-54-58-62-68(73)67(66-72)71-69(74)63-59-55-51-47-43-39-35-32-30-28-26-24-22-21-23-25-27-29-31-33-37-41-45-49-53-57-61-65-76-70(75)64-60-56-52-48-44-40-36-20-18-16-14-12-10-8-6-4-2/h21-22,58,62,67-68,72-73H,3-20,23-57,59-61,63-66H2,1-2H3,(H,71,74)/b22-21-,62-58+. The number of unbranched alkanes of at least 4 members (excludes halogenated alkanes) is 52. The number of hydrogen-bond donors (Lipinski definition) is 3. The predicted octanol–water partition coefficient (Wildman–Crippen LogP) is 22.1. The molecule has 0 radical (unpaired) electrons. The number of allylic oxidation sites excluding steroid dienone is 3. The number of nitrogens with one attached hydrogen (secondary N) is 1. The van der Waals surface area contributed by atoms with Crippen LogP contribution in [0.25, 0.3) is 0 Å². The van der Waals surface area contributed by atoms with Gasteiger partial charge in [-0.1, -0.05) is 340 Å². The molecule has 0 aromatic heterocycles. The fourth-order valence-corrected chi connectivity index (χ4v) is 10.9.